The van der Waals surface area contributed by atoms with Crippen LogP contribution in [0.3, 0.4) is 0 Å². The molecule has 5 aromatic rings. The second-order valence-corrected chi connectivity index (χ2v) is 13.0. The van der Waals surface area contributed by atoms with E-state index in [9.17, 15) is 9.59 Å². The Hall–Kier alpha value is -5.32. The number of benzene rings is 5. The largest absolute Gasteiger partial charge is 0.488 e. The summed E-state index contributed by atoms with van der Waals surface area (Å²) in [7, 11) is 0. The molecule has 0 radical (unpaired) electrons. The highest BCUT2D eigenvalue weighted by atomic mass is 16.6. The summed E-state index contributed by atoms with van der Waals surface area (Å²) in [6.45, 7) is 7.88. The molecule has 5 rings (SSSR count). The molecule has 2 N–H and O–H groups in total. The van der Waals surface area contributed by atoms with Crippen LogP contribution in [0.4, 0.5) is 21.0 Å². The van der Waals surface area contributed by atoms with E-state index in [1.165, 1.54) is 0 Å². The molecule has 286 valence electrons. The summed E-state index contributed by atoms with van der Waals surface area (Å²) in [4.78, 5) is 25.9. The van der Waals surface area contributed by atoms with Crippen molar-refractivity contribution in [2.24, 2.45) is 0 Å². The van der Waals surface area contributed by atoms with Crippen molar-refractivity contribution in [3.63, 3.8) is 0 Å². The molecule has 0 aliphatic carbocycles. The number of hydrogen-bond acceptors (Lipinski definition) is 8. The second kappa shape index (κ2) is 21.4. The third-order valence-corrected chi connectivity index (χ3v) is 8.70. The molecule has 0 aliphatic heterocycles. The first-order chi connectivity index (χ1) is 26.5. The third-order valence-electron chi connectivity index (χ3n) is 8.70. The molecule has 10 heteroatoms. The van der Waals surface area contributed by atoms with Crippen molar-refractivity contribution in [1.82, 2.24) is 0 Å². The number of aryl methyl sites for hydroxylation is 1. The van der Waals surface area contributed by atoms with Gasteiger partial charge in [0.15, 0.2) is 12.2 Å². The van der Waals surface area contributed by atoms with Gasteiger partial charge in [0.1, 0.15) is 24.7 Å². The Bertz CT molecular complexity index is 1900. The lowest BCUT2D eigenvalue weighted by Crippen LogP contribution is -2.32. The zero-order valence-electron chi connectivity index (χ0n) is 31.5. The van der Waals surface area contributed by atoms with Gasteiger partial charge in [-0.15, -0.1) is 0 Å². The van der Waals surface area contributed by atoms with E-state index in [1.807, 2.05) is 66.7 Å². The van der Waals surface area contributed by atoms with Crippen molar-refractivity contribution in [3.05, 3.63) is 109 Å². The van der Waals surface area contributed by atoms with Gasteiger partial charge in [0.2, 0.25) is 0 Å². The second-order valence-electron chi connectivity index (χ2n) is 13.0. The highest BCUT2D eigenvalue weighted by Gasteiger charge is 2.23. The third kappa shape index (κ3) is 11.8. The number of amides is 2. The maximum absolute atomic E-state index is 13.0. The summed E-state index contributed by atoms with van der Waals surface area (Å²) in [5.74, 6) is 1.28. The van der Waals surface area contributed by atoms with Crippen LogP contribution < -0.4 is 20.1 Å². The average Bonchev–Trinajstić information content (AvgIpc) is 3.19. The average molecular weight is 737 g/mol. The number of para-hydroxylation sites is 2. The van der Waals surface area contributed by atoms with Gasteiger partial charge in [0.05, 0.1) is 13.2 Å². The molecule has 0 bridgehead atoms. The van der Waals surface area contributed by atoms with Gasteiger partial charge >= 0.3 is 12.2 Å². The zero-order chi connectivity index (χ0) is 38.0. The number of nitrogens with one attached hydrogen (secondary N) is 2. The maximum atomic E-state index is 13.0. The van der Waals surface area contributed by atoms with Gasteiger partial charge in [-0.1, -0.05) is 106 Å². The number of ether oxygens (including phenoxy) is 6. The Morgan fingerprint density at radius 2 is 0.981 bits per heavy atom. The number of rotatable bonds is 21. The van der Waals surface area contributed by atoms with Gasteiger partial charge in [-0.3, -0.25) is 10.6 Å². The number of anilines is 2. The summed E-state index contributed by atoms with van der Waals surface area (Å²) in [5.41, 5.74) is 2.38. The molecule has 10 nitrogen and oxygen atoms in total. The van der Waals surface area contributed by atoms with Gasteiger partial charge in [-0.25, -0.2) is 9.59 Å². The quantitative estimate of drug-likeness (QED) is 0.0565. The highest BCUT2D eigenvalue weighted by Crippen LogP contribution is 2.43. The van der Waals surface area contributed by atoms with Crippen molar-refractivity contribution in [3.8, 4) is 11.5 Å². The normalized spacial score (nSPS) is 12.2. The van der Waals surface area contributed by atoms with Crippen molar-refractivity contribution < 1.29 is 38.0 Å². The van der Waals surface area contributed by atoms with E-state index in [0.717, 1.165) is 59.2 Å². The van der Waals surface area contributed by atoms with Crippen molar-refractivity contribution >= 4 is 45.1 Å². The number of carbonyl (C=O) groups is 2. The molecule has 0 heterocycles. The smallest absolute Gasteiger partial charge is 0.412 e. The van der Waals surface area contributed by atoms with Crippen LogP contribution in [0.5, 0.6) is 11.5 Å². The SMILES string of the molecule is CCCCOCC(COc1c2ccccc2c(OCC(COCCCC)OC(=O)Nc2ccccc2)c2cc(CC)ccc12)OC(=O)Nc1ccccc1. The van der Waals surface area contributed by atoms with Gasteiger partial charge in [-0.2, -0.15) is 0 Å². The van der Waals surface area contributed by atoms with Gasteiger partial charge in [-0.05, 0) is 55.2 Å². The van der Waals surface area contributed by atoms with Crippen molar-refractivity contribution in [1.29, 1.82) is 0 Å². The summed E-state index contributed by atoms with van der Waals surface area (Å²) in [6.07, 6.45) is 2.04. The summed E-state index contributed by atoms with van der Waals surface area (Å²) >= 11 is 0. The Balaban J connectivity index is 1.41. The molecule has 0 fully saturated rings. The molecule has 2 amide bonds. The lowest BCUT2D eigenvalue weighted by molar-refractivity contribution is 0.00244. The topological polar surface area (TPSA) is 114 Å². The minimum atomic E-state index is -0.683. The van der Waals surface area contributed by atoms with Crippen molar-refractivity contribution in [2.45, 2.75) is 65.1 Å². The summed E-state index contributed by atoms with van der Waals surface area (Å²) < 4.78 is 36.7. The van der Waals surface area contributed by atoms with Crippen LogP contribution in [0.2, 0.25) is 0 Å². The molecule has 2 unspecified atom stereocenters. The molecule has 0 aromatic heterocycles. The predicted molar refractivity (Wildman–Crippen MR) is 214 cm³/mol. The molecule has 2 atom stereocenters. The van der Waals surface area contributed by atoms with E-state index < -0.39 is 24.4 Å². The van der Waals surface area contributed by atoms with E-state index in [4.69, 9.17) is 28.4 Å². The summed E-state index contributed by atoms with van der Waals surface area (Å²) in [6, 6.07) is 32.4. The Labute approximate surface area is 318 Å². The van der Waals surface area contributed by atoms with E-state index in [2.05, 4.69) is 43.5 Å². The monoisotopic (exact) mass is 736 g/mol. The summed E-state index contributed by atoms with van der Waals surface area (Å²) in [5, 5.41) is 8.90. The molecule has 0 saturated carbocycles. The van der Waals surface area contributed by atoms with Crippen LogP contribution in [-0.4, -0.2) is 64.0 Å². The minimum Gasteiger partial charge on any atom is -0.488 e. The zero-order valence-corrected chi connectivity index (χ0v) is 31.5. The van der Waals surface area contributed by atoms with Crippen LogP contribution in [0.25, 0.3) is 21.5 Å². The van der Waals surface area contributed by atoms with Crippen LogP contribution in [0.1, 0.15) is 52.0 Å². The molecule has 54 heavy (non-hydrogen) atoms. The van der Waals surface area contributed by atoms with E-state index in [-0.39, 0.29) is 26.4 Å². The van der Waals surface area contributed by atoms with Crippen molar-refractivity contribution in [2.75, 3.05) is 50.3 Å². The fourth-order valence-electron chi connectivity index (χ4n) is 5.83. The highest BCUT2D eigenvalue weighted by molar-refractivity contribution is 6.11. The Morgan fingerprint density at radius 1 is 0.537 bits per heavy atom. The molecule has 0 saturated heterocycles. The molecule has 0 spiro atoms. The number of hydrogen-bond donors (Lipinski definition) is 2. The number of unbranched alkanes of at least 4 members (excludes halogenated alkanes) is 2. The molecule has 0 aliphatic rings. The Kier molecular flexibility index (Phi) is 15.8. The van der Waals surface area contributed by atoms with Gasteiger partial charge in [0.25, 0.3) is 0 Å². The first kappa shape index (κ1) is 39.9. The van der Waals surface area contributed by atoms with Crippen LogP contribution in [0.15, 0.2) is 103 Å². The first-order valence-corrected chi connectivity index (χ1v) is 18.9. The lowest BCUT2D eigenvalue weighted by atomic mass is 9.98. The molecular weight excluding hydrogens is 684 g/mol. The lowest BCUT2D eigenvalue weighted by Gasteiger charge is -2.23. The minimum absolute atomic E-state index is 0.0602. The molecule has 5 aromatic carbocycles. The standard InChI is InChI=1S/C44H52N2O8/c1-4-7-25-49-28-35(53-43(47)45-33-17-11-9-12-18-33)30-51-41-37-21-15-16-22-38(37)42(40-27-32(6-3)23-24-39(40)41)52-31-36(29-50-26-8-5-2)54-44(48)46-34-19-13-10-14-20-34/h9-24,27,35-36H,4-8,25-26,28-31H2,1-3H3,(H,45,47)(H,46,48). The van der Waals surface area contributed by atoms with E-state index in [0.29, 0.717) is 36.1 Å². The van der Waals surface area contributed by atoms with E-state index >= 15 is 0 Å². The van der Waals surface area contributed by atoms with Crippen LogP contribution in [0, 0.1) is 0 Å². The number of fused-ring (bicyclic) bond motifs is 2. The van der Waals surface area contributed by atoms with E-state index in [1.54, 1.807) is 24.3 Å². The fraction of sp³-hybridized carbons (Fsp3) is 0.364. The first-order valence-electron chi connectivity index (χ1n) is 18.9. The Morgan fingerprint density at radius 3 is 1.44 bits per heavy atom. The van der Waals surface area contributed by atoms with Gasteiger partial charge < -0.3 is 28.4 Å². The predicted octanol–water partition coefficient (Wildman–Crippen LogP) is 10.2. The van der Waals surface area contributed by atoms with Crippen LogP contribution >= 0.6 is 0 Å². The van der Waals surface area contributed by atoms with Gasteiger partial charge in [0, 0.05) is 46.1 Å². The number of carbonyl (C=O) groups excluding carboxylic acids is 2. The fourth-order valence-corrected chi connectivity index (χ4v) is 5.83. The van der Waals surface area contributed by atoms with Crippen LogP contribution in [-0.2, 0) is 25.4 Å². The molecular formula is C44H52N2O8. The maximum Gasteiger partial charge on any atom is 0.412 e.